The van der Waals surface area contributed by atoms with Crippen LogP contribution < -0.4 is 10.6 Å². The van der Waals surface area contributed by atoms with E-state index >= 15 is 0 Å². The summed E-state index contributed by atoms with van der Waals surface area (Å²) in [5, 5.41) is 16.2. The summed E-state index contributed by atoms with van der Waals surface area (Å²) < 4.78 is 13.8. The predicted octanol–water partition coefficient (Wildman–Crippen LogP) is 5.68. The molecule has 5 N–H and O–H groups in total. The van der Waals surface area contributed by atoms with Crippen molar-refractivity contribution < 1.29 is 14.3 Å². The molecular formula is C29H29FN6O2. The Kier molecular flexibility index (Phi) is 7.08. The highest BCUT2D eigenvalue weighted by Gasteiger charge is 2.20. The smallest absolute Gasteiger partial charge is 0.326 e. The molecule has 0 amide bonds. The number of rotatable bonds is 10. The number of imidazole rings is 2. The maximum Gasteiger partial charge on any atom is 0.326 e. The molecule has 0 spiro atoms. The molecule has 0 radical (unpaired) electrons. The van der Waals surface area contributed by atoms with Crippen molar-refractivity contribution in [2.75, 3.05) is 10.6 Å². The molecular weight excluding hydrogens is 483 g/mol. The third-order valence-corrected chi connectivity index (χ3v) is 6.51. The van der Waals surface area contributed by atoms with E-state index in [0.29, 0.717) is 30.2 Å². The summed E-state index contributed by atoms with van der Waals surface area (Å²) >= 11 is 0. The number of H-pyrrole nitrogens is 2. The Balaban J connectivity index is 1.24. The largest absolute Gasteiger partial charge is 0.480 e. The van der Waals surface area contributed by atoms with Crippen LogP contribution in [0.5, 0.6) is 0 Å². The van der Waals surface area contributed by atoms with Crippen molar-refractivity contribution in [2.24, 2.45) is 0 Å². The van der Waals surface area contributed by atoms with E-state index in [1.807, 2.05) is 55.5 Å². The topological polar surface area (TPSA) is 119 Å². The molecule has 1 unspecified atom stereocenters. The molecule has 2 aromatic heterocycles. The van der Waals surface area contributed by atoms with Crippen molar-refractivity contribution in [3.05, 3.63) is 95.1 Å². The van der Waals surface area contributed by atoms with Gasteiger partial charge in [-0.3, -0.25) is 0 Å². The van der Waals surface area contributed by atoms with Gasteiger partial charge in [-0.2, -0.15) is 0 Å². The summed E-state index contributed by atoms with van der Waals surface area (Å²) in [6.07, 6.45) is 2.65. The monoisotopic (exact) mass is 512 g/mol. The van der Waals surface area contributed by atoms with Gasteiger partial charge in [0.05, 0.1) is 29.5 Å². The molecule has 5 aromatic rings. The zero-order valence-electron chi connectivity index (χ0n) is 21.2. The van der Waals surface area contributed by atoms with Crippen molar-refractivity contribution in [3.63, 3.8) is 0 Å². The fourth-order valence-corrected chi connectivity index (χ4v) is 4.52. The number of anilines is 2. The highest BCUT2D eigenvalue weighted by Crippen LogP contribution is 2.25. The average molecular weight is 513 g/mol. The van der Waals surface area contributed by atoms with Gasteiger partial charge in [0.1, 0.15) is 17.7 Å². The number of aliphatic carboxylic acids is 1. The van der Waals surface area contributed by atoms with Gasteiger partial charge >= 0.3 is 5.97 Å². The number of para-hydroxylation sites is 2. The number of nitrogens with one attached hydrogen (secondary N) is 4. The lowest BCUT2D eigenvalue weighted by molar-refractivity contribution is -0.137. The van der Waals surface area contributed by atoms with Crippen LogP contribution in [-0.4, -0.2) is 37.1 Å². The molecule has 0 aliphatic heterocycles. The van der Waals surface area contributed by atoms with E-state index in [1.165, 1.54) is 12.1 Å². The lowest BCUT2D eigenvalue weighted by Crippen LogP contribution is -2.32. The Hall–Kier alpha value is -4.66. The van der Waals surface area contributed by atoms with Gasteiger partial charge in [0.2, 0.25) is 5.95 Å². The molecule has 0 aliphatic carbocycles. The van der Waals surface area contributed by atoms with Gasteiger partial charge in [-0.1, -0.05) is 43.3 Å². The van der Waals surface area contributed by atoms with Crippen LogP contribution in [0.4, 0.5) is 16.0 Å². The second-order valence-corrected chi connectivity index (χ2v) is 9.26. The summed E-state index contributed by atoms with van der Waals surface area (Å²) in [6, 6.07) is 17.5. The van der Waals surface area contributed by atoms with Crippen molar-refractivity contribution in [1.29, 1.82) is 0 Å². The minimum absolute atomic E-state index is 0.278. The number of aromatic nitrogens is 4. The molecule has 8 nitrogen and oxygen atoms in total. The molecule has 194 valence electrons. The van der Waals surface area contributed by atoms with Gasteiger partial charge in [-0.05, 0) is 54.3 Å². The Bertz CT molecular complexity index is 1540. The molecule has 0 bridgehead atoms. The zero-order chi connectivity index (χ0) is 26.6. The Morgan fingerprint density at radius 3 is 2.63 bits per heavy atom. The van der Waals surface area contributed by atoms with E-state index < -0.39 is 12.0 Å². The number of fused-ring (bicyclic) bond motifs is 1. The normalized spacial score (nSPS) is 12.0. The molecule has 38 heavy (non-hydrogen) atoms. The summed E-state index contributed by atoms with van der Waals surface area (Å²) in [6.45, 7) is 4.23. The molecule has 0 aliphatic rings. The van der Waals surface area contributed by atoms with Crippen LogP contribution >= 0.6 is 0 Å². The average Bonchev–Trinajstić information content (AvgIpc) is 3.55. The van der Waals surface area contributed by atoms with Gasteiger partial charge in [0.25, 0.3) is 0 Å². The zero-order valence-corrected chi connectivity index (χ0v) is 21.2. The number of aryl methyl sites for hydroxylation is 2. The predicted molar refractivity (Wildman–Crippen MR) is 147 cm³/mol. The van der Waals surface area contributed by atoms with E-state index in [2.05, 4.69) is 30.6 Å². The first-order valence-electron chi connectivity index (χ1n) is 12.5. The molecule has 3 aromatic carbocycles. The standard InChI is InChI=1S/C29H29FN6O2/c1-3-19-14-21(30)12-17(2)26(19)34-25(28(37)38)13-18-8-10-20(11-9-18)27-31-15-22(33-27)16-32-29-35-23-6-4-5-7-24(23)36-29/h4-12,14-15,25,34H,3,13,16H2,1-2H3,(H,31,33)(H,37,38)(H2,32,35,36). The third kappa shape index (κ3) is 5.51. The summed E-state index contributed by atoms with van der Waals surface area (Å²) in [5.41, 5.74) is 6.66. The van der Waals surface area contributed by atoms with Crippen LogP contribution in [0.3, 0.4) is 0 Å². The fraction of sp³-hybridized carbons (Fsp3) is 0.207. The number of hydrogen-bond acceptors (Lipinski definition) is 5. The highest BCUT2D eigenvalue weighted by atomic mass is 19.1. The molecule has 9 heteroatoms. The second kappa shape index (κ2) is 10.8. The van der Waals surface area contributed by atoms with E-state index in [0.717, 1.165) is 39.2 Å². The first-order valence-corrected chi connectivity index (χ1v) is 12.5. The third-order valence-electron chi connectivity index (χ3n) is 6.51. The summed E-state index contributed by atoms with van der Waals surface area (Å²) in [5.74, 6) is 0.127. The first kappa shape index (κ1) is 25.0. The molecule has 0 saturated carbocycles. The number of carboxylic acid groups (broad SMARTS) is 1. The minimum Gasteiger partial charge on any atom is -0.480 e. The number of halogens is 1. The highest BCUT2D eigenvalue weighted by molar-refractivity contribution is 5.79. The van der Waals surface area contributed by atoms with Crippen molar-refractivity contribution in [3.8, 4) is 11.4 Å². The fourth-order valence-electron chi connectivity index (χ4n) is 4.52. The Morgan fingerprint density at radius 2 is 1.89 bits per heavy atom. The summed E-state index contributed by atoms with van der Waals surface area (Å²) in [7, 11) is 0. The van der Waals surface area contributed by atoms with E-state index in [9.17, 15) is 14.3 Å². The minimum atomic E-state index is -0.965. The van der Waals surface area contributed by atoms with Gasteiger partial charge in [-0.25, -0.2) is 19.2 Å². The quantitative estimate of drug-likeness (QED) is 0.164. The summed E-state index contributed by atoms with van der Waals surface area (Å²) in [4.78, 5) is 27.6. The van der Waals surface area contributed by atoms with E-state index in [1.54, 1.807) is 13.1 Å². The number of carboxylic acids is 1. The van der Waals surface area contributed by atoms with Gasteiger partial charge in [-0.15, -0.1) is 0 Å². The molecule has 0 saturated heterocycles. The number of aromatic amines is 2. The maximum atomic E-state index is 13.8. The molecule has 2 heterocycles. The van der Waals surface area contributed by atoms with Gasteiger partial charge in [0, 0.05) is 17.7 Å². The lowest BCUT2D eigenvalue weighted by atomic mass is 10.0. The van der Waals surface area contributed by atoms with Crippen LogP contribution in [0.1, 0.15) is 29.3 Å². The number of benzene rings is 3. The van der Waals surface area contributed by atoms with Crippen LogP contribution in [0.25, 0.3) is 22.4 Å². The van der Waals surface area contributed by atoms with E-state index in [4.69, 9.17) is 0 Å². The van der Waals surface area contributed by atoms with Crippen molar-refractivity contribution in [2.45, 2.75) is 39.3 Å². The van der Waals surface area contributed by atoms with E-state index in [-0.39, 0.29) is 12.2 Å². The number of carbonyl (C=O) groups is 1. The van der Waals surface area contributed by atoms with Crippen LogP contribution in [0.2, 0.25) is 0 Å². The Morgan fingerprint density at radius 1 is 1.11 bits per heavy atom. The maximum absolute atomic E-state index is 13.8. The SMILES string of the molecule is CCc1cc(F)cc(C)c1NC(Cc1ccc(-c2ncc(CNc3nc4ccccc4[nH]3)[nH]2)cc1)C(=O)O. The number of hydrogen-bond donors (Lipinski definition) is 5. The van der Waals surface area contributed by atoms with Crippen LogP contribution in [0, 0.1) is 12.7 Å². The molecule has 5 rings (SSSR count). The Labute approximate surface area is 219 Å². The van der Waals surface area contributed by atoms with Crippen molar-refractivity contribution in [1.82, 2.24) is 19.9 Å². The van der Waals surface area contributed by atoms with Gasteiger partial charge < -0.3 is 25.7 Å². The number of nitrogens with zero attached hydrogens (tertiary/aromatic N) is 2. The van der Waals surface area contributed by atoms with Crippen LogP contribution in [-0.2, 0) is 24.2 Å². The lowest BCUT2D eigenvalue weighted by Gasteiger charge is -2.20. The van der Waals surface area contributed by atoms with Crippen LogP contribution in [0.15, 0.2) is 66.9 Å². The van der Waals surface area contributed by atoms with Crippen molar-refractivity contribution >= 4 is 28.6 Å². The molecule has 1 atom stereocenters. The van der Waals surface area contributed by atoms with Gasteiger partial charge in [0.15, 0.2) is 0 Å². The first-order chi connectivity index (χ1) is 18.4. The second-order valence-electron chi connectivity index (χ2n) is 9.26. The molecule has 0 fully saturated rings.